The fourth-order valence-electron chi connectivity index (χ4n) is 2.19. The van der Waals surface area contributed by atoms with Crippen molar-refractivity contribution in [3.63, 3.8) is 0 Å². The van der Waals surface area contributed by atoms with Crippen LogP contribution in [-0.4, -0.2) is 0 Å². The normalized spacial score (nSPS) is 10.1. The van der Waals surface area contributed by atoms with Gasteiger partial charge in [0.2, 0.25) is 0 Å². The molecule has 0 spiro atoms. The van der Waals surface area contributed by atoms with E-state index < -0.39 is 0 Å². The summed E-state index contributed by atoms with van der Waals surface area (Å²) in [6.07, 6.45) is 4.16. The molecule has 0 unspecified atom stereocenters. The molecule has 0 bridgehead atoms. The molecule has 18 heavy (non-hydrogen) atoms. The Morgan fingerprint density at radius 2 is 1.28 bits per heavy atom. The van der Waals surface area contributed by atoms with Crippen LogP contribution in [0.5, 0.6) is 0 Å². The van der Waals surface area contributed by atoms with Gasteiger partial charge in [-0.3, -0.25) is 0 Å². The molecule has 0 saturated carbocycles. The molecule has 0 saturated heterocycles. The van der Waals surface area contributed by atoms with Crippen LogP contribution in [0.2, 0.25) is 0 Å². The maximum atomic E-state index is 3.70. The third-order valence-corrected chi connectivity index (χ3v) is 3.03. The molecule has 0 aromatic heterocycles. The second kappa shape index (κ2) is 6.64. The lowest BCUT2D eigenvalue weighted by Gasteiger charge is -2.12. The number of benzene rings is 2. The van der Waals surface area contributed by atoms with Crippen molar-refractivity contribution in [2.24, 2.45) is 5.92 Å². The quantitative estimate of drug-likeness (QED) is 0.671. The third-order valence-electron chi connectivity index (χ3n) is 3.03. The lowest BCUT2D eigenvalue weighted by atomic mass is 9.92. The first-order valence-electron chi connectivity index (χ1n) is 6.32. The Kier molecular flexibility index (Phi) is 4.58. The van der Waals surface area contributed by atoms with Gasteiger partial charge in [-0.25, -0.2) is 0 Å². The lowest BCUT2D eigenvalue weighted by molar-refractivity contribution is 0.645. The van der Waals surface area contributed by atoms with Gasteiger partial charge in [0.05, 0.1) is 0 Å². The van der Waals surface area contributed by atoms with Gasteiger partial charge in [-0.15, -0.1) is 5.73 Å². The van der Waals surface area contributed by atoms with E-state index in [-0.39, 0.29) is 0 Å². The van der Waals surface area contributed by atoms with Crippen LogP contribution in [0.3, 0.4) is 0 Å². The molecule has 0 atom stereocenters. The largest absolute Gasteiger partial charge is 0.133 e. The Hall–Kier alpha value is -2.04. The average Bonchev–Trinajstić information content (AvgIpc) is 2.41. The zero-order valence-corrected chi connectivity index (χ0v) is 10.5. The third kappa shape index (κ3) is 3.76. The summed E-state index contributed by atoms with van der Waals surface area (Å²) in [6.45, 7) is 3.70. The maximum Gasteiger partial charge on any atom is -0.00767 e. The van der Waals surface area contributed by atoms with Crippen LogP contribution in [0.15, 0.2) is 79.0 Å². The molecular weight excluding hydrogens is 216 g/mol. The van der Waals surface area contributed by atoms with Gasteiger partial charge >= 0.3 is 0 Å². The van der Waals surface area contributed by atoms with Gasteiger partial charge in [0.15, 0.2) is 0 Å². The molecule has 0 aliphatic rings. The summed E-state index contributed by atoms with van der Waals surface area (Å²) >= 11 is 0. The van der Waals surface area contributed by atoms with Gasteiger partial charge in [-0.1, -0.05) is 67.2 Å². The van der Waals surface area contributed by atoms with Crippen molar-refractivity contribution in [2.75, 3.05) is 0 Å². The van der Waals surface area contributed by atoms with Crippen LogP contribution in [0.4, 0.5) is 0 Å². The number of allylic oxidation sites excluding steroid dienone is 1. The first-order valence-corrected chi connectivity index (χ1v) is 6.32. The molecule has 90 valence electrons. The van der Waals surface area contributed by atoms with Crippen LogP contribution < -0.4 is 0 Å². The maximum absolute atomic E-state index is 3.70. The summed E-state index contributed by atoms with van der Waals surface area (Å²) in [6, 6.07) is 21.2. The molecule has 0 N–H and O–H groups in total. The van der Waals surface area contributed by atoms with E-state index in [4.69, 9.17) is 0 Å². The first kappa shape index (κ1) is 12.4. The van der Waals surface area contributed by atoms with Crippen molar-refractivity contribution in [3.8, 4) is 0 Å². The van der Waals surface area contributed by atoms with E-state index in [9.17, 15) is 0 Å². The minimum atomic E-state index is 0.465. The molecule has 2 rings (SSSR count). The second-order valence-corrected chi connectivity index (χ2v) is 4.51. The molecule has 0 aliphatic carbocycles. The van der Waals surface area contributed by atoms with Gasteiger partial charge in [0.25, 0.3) is 0 Å². The highest BCUT2D eigenvalue weighted by atomic mass is 14.1. The van der Waals surface area contributed by atoms with E-state index in [0.717, 1.165) is 12.8 Å². The van der Waals surface area contributed by atoms with E-state index in [1.165, 1.54) is 11.1 Å². The summed E-state index contributed by atoms with van der Waals surface area (Å²) < 4.78 is 0. The van der Waals surface area contributed by atoms with Crippen LogP contribution in [0.1, 0.15) is 11.1 Å². The summed E-state index contributed by atoms with van der Waals surface area (Å²) in [5.74, 6) is 0.465. The molecular formula is C18H18. The van der Waals surface area contributed by atoms with Crippen molar-refractivity contribution >= 4 is 0 Å². The topological polar surface area (TPSA) is 0 Å². The molecule has 0 heterocycles. The number of rotatable bonds is 5. The highest BCUT2D eigenvalue weighted by molar-refractivity contribution is 5.20. The molecule has 2 aromatic carbocycles. The van der Waals surface area contributed by atoms with Gasteiger partial charge < -0.3 is 0 Å². The summed E-state index contributed by atoms with van der Waals surface area (Å²) in [5.41, 5.74) is 5.66. The Morgan fingerprint density at radius 1 is 0.833 bits per heavy atom. The monoisotopic (exact) mass is 234 g/mol. The minimum absolute atomic E-state index is 0.465. The molecule has 0 fully saturated rings. The van der Waals surface area contributed by atoms with Crippen LogP contribution in [0, 0.1) is 5.92 Å². The Bertz CT molecular complexity index is 463. The zero-order chi connectivity index (χ0) is 12.6. The van der Waals surface area contributed by atoms with Gasteiger partial charge in [0, 0.05) is 0 Å². The highest BCUT2D eigenvalue weighted by Crippen LogP contribution is 2.15. The average molecular weight is 234 g/mol. The van der Waals surface area contributed by atoms with E-state index in [0.29, 0.717) is 5.92 Å². The van der Waals surface area contributed by atoms with E-state index in [1.54, 1.807) is 0 Å². The van der Waals surface area contributed by atoms with Crippen LogP contribution >= 0.6 is 0 Å². The first-order chi connectivity index (χ1) is 8.88. The van der Waals surface area contributed by atoms with Crippen molar-refractivity contribution in [1.82, 2.24) is 0 Å². The smallest absolute Gasteiger partial charge is 0.00767 e. The second-order valence-electron chi connectivity index (χ2n) is 4.51. The fourth-order valence-corrected chi connectivity index (χ4v) is 2.19. The highest BCUT2D eigenvalue weighted by Gasteiger charge is 2.07. The van der Waals surface area contributed by atoms with Crippen LogP contribution in [0.25, 0.3) is 0 Å². The number of hydrogen-bond acceptors (Lipinski definition) is 0. The molecule has 0 nitrogen and oxygen atoms in total. The van der Waals surface area contributed by atoms with Crippen molar-refractivity contribution < 1.29 is 0 Å². The Morgan fingerprint density at radius 3 is 1.67 bits per heavy atom. The fraction of sp³-hybridized carbons (Fsp3) is 0.167. The SMILES string of the molecule is C=C=CC(Cc1ccccc1)Cc1ccccc1. The predicted octanol–water partition coefficient (Wildman–Crippen LogP) is 4.43. The van der Waals surface area contributed by atoms with E-state index >= 15 is 0 Å². The molecule has 0 amide bonds. The van der Waals surface area contributed by atoms with E-state index in [1.807, 2.05) is 0 Å². The molecule has 0 heteroatoms. The standard InChI is InChI=1S/C18H18/c1-2-9-18(14-16-10-5-3-6-11-16)15-17-12-7-4-8-13-17/h3-13,18H,1,14-15H2. The van der Waals surface area contributed by atoms with Crippen molar-refractivity contribution in [2.45, 2.75) is 12.8 Å². The molecule has 2 aromatic rings. The summed E-state index contributed by atoms with van der Waals surface area (Å²) in [7, 11) is 0. The Balaban J connectivity index is 2.07. The summed E-state index contributed by atoms with van der Waals surface area (Å²) in [5, 5.41) is 0. The van der Waals surface area contributed by atoms with E-state index in [2.05, 4.69) is 79.0 Å². The number of hydrogen-bond donors (Lipinski definition) is 0. The minimum Gasteiger partial charge on any atom is -0.133 e. The van der Waals surface area contributed by atoms with Gasteiger partial charge in [-0.2, -0.15) is 0 Å². The van der Waals surface area contributed by atoms with Crippen LogP contribution in [-0.2, 0) is 12.8 Å². The molecule has 0 radical (unpaired) electrons. The van der Waals surface area contributed by atoms with Crippen molar-refractivity contribution in [3.05, 3.63) is 90.2 Å². The molecule has 0 aliphatic heterocycles. The zero-order valence-electron chi connectivity index (χ0n) is 10.5. The Labute approximate surface area is 109 Å². The van der Waals surface area contributed by atoms with Crippen molar-refractivity contribution in [1.29, 1.82) is 0 Å². The van der Waals surface area contributed by atoms with Gasteiger partial charge in [0.1, 0.15) is 0 Å². The predicted molar refractivity (Wildman–Crippen MR) is 77.5 cm³/mol. The summed E-state index contributed by atoms with van der Waals surface area (Å²) in [4.78, 5) is 0. The van der Waals surface area contributed by atoms with Gasteiger partial charge in [-0.05, 0) is 36.0 Å². The lowest BCUT2D eigenvalue weighted by Crippen LogP contribution is -2.05.